The van der Waals surface area contributed by atoms with E-state index in [0.717, 1.165) is 30.3 Å². The molecule has 2 fully saturated rings. The molecule has 3 atom stereocenters. The fourth-order valence-electron chi connectivity index (χ4n) is 2.89. The van der Waals surface area contributed by atoms with Crippen molar-refractivity contribution in [1.29, 1.82) is 0 Å². The quantitative estimate of drug-likeness (QED) is 0.662. The van der Waals surface area contributed by atoms with Crippen LogP contribution in [0, 0.1) is 5.92 Å². The van der Waals surface area contributed by atoms with Crippen molar-refractivity contribution in [1.82, 2.24) is 21.2 Å². The number of halogens is 1. The van der Waals surface area contributed by atoms with Gasteiger partial charge in [-0.15, -0.1) is 0 Å². The first-order valence-corrected chi connectivity index (χ1v) is 7.15. The fourth-order valence-corrected chi connectivity index (χ4v) is 3.24. The molecular weight excluding hydrogens is 296 g/mol. The monoisotopic (exact) mass is 312 g/mol. The smallest absolute Gasteiger partial charge is 0.267 e. The van der Waals surface area contributed by atoms with Crippen LogP contribution in [0.15, 0.2) is 16.7 Å². The summed E-state index contributed by atoms with van der Waals surface area (Å²) in [6.45, 7) is 1.01. The molecule has 1 saturated carbocycles. The van der Waals surface area contributed by atoms with E-state index in [1.54, 1.807) is 12.3 Å². The highest BCUT2D eigenvalue weighted by molar-refractivity contribution is 9.10. The number of hydrogen-bond donors (Lipinski definition) is 4. The topological polar surface area (TPSA) is 69.0 Å². The lowest BCUT2D eigenvalue weighted by Gasteiger charge is -2.31. The van der Waals surface area contributed by atoms with E-state index in [1.165, 1.54) is 0 Å². The molecule has 1 aromatic rings. The lowest BCUT2D eigenvalue weighted by Crippen LogP contribution is -2.44. The SMILES string of the molecule is O=C(NC1CCC2NNCC2C1)c1cc(Br)c[nH]1. The molecule has 0 spiro atoms. The fraction of sp³-hybridized carbons (Fsp3) is 0.583. The van der Waals surface area contributed by atoms with Crippen LogP contribution in [0.25, 0.3) is 0 Å². The van der Waals surface area contributed by atoms with Crippen LogP contribution in [-0.2, 0) is 0 Å². The summed E-state index contributed by atoms with van der Waals surface area (Å²) in [6.07, 6.45) is 5.00. The predicted octanol–water partition coefficient (Wildman–Crippen LogP) is 1.15. The second kappa shape index (κ2) is 5.03. The molecule has 5 nitrogen and oxygen atoms in total. The number of aromatic amines is 1. The van der Waals surface area contributed by atoms with E-state index >= 15 is 0 Å². The van der Waals surface area contributed by atoms with Crippen molar-refractivity contribution < 1.29 is 4.79 Å². The van der Waals surface area contributed by atoms with Crippen LogP contribution < -0.4 is 16.2 Å². The summed E-state index contributed by atoms with van der Waals surface area (Å²) in [6, 6.07) is 2.68. The summed E-state index contributed by atoms with van der Waals surface area (Å²) in [4.78, 5) is 15.0. The Bertz CT molecular complexity index is 447. The number of hydrazine groups is 1. The van der Waals surface area contributed by atoms with Gasteiger partial charge in [-0.25, -0.2) is 0 Å². The summed E-state index contributed by atoms with van der Waals surface area (Å²) in [5.74, 6) is 0.627. The standard InChI is InChI=1S/C12H17BrN4O/c13-8-4-11(14-6-8)12(18)16-9-1-2-10-7(3-9)5-15-17-10/h4,6-7,9-10,14-15,17H,1-3,5H2,(H,16,18). The molecule has 2 heterocycles. The number of carbonyl (C=O) groups excluding carboxylic acids is 1. The molecule has 0 bridgehead atoms. The van der Waals surface area contributed by atoms with Gasteiger partial charge in [0.1, 0.15) is 5.69 Å². The first-order chi connectivity index (χ1) is 8.72. The van der Waals surface area contributed by atoms with Gasteiger partial charge in [-0.05, 0) is 47.2 Å². The van der Waals surface area contributed by atoms with Gasteiger partial charge in [0.05, 0.1) is 0 Å². The number of aromatic nitrogens is 1. The zero-order valence-electron chi connectivity index (χ0n) is 10.0. The molecule has 0 aromatic carbocycles. The van der Waals surface area contributed by atoms with E-state index in [4.69, 9.17) is 0 Å². The third kappa shape index (κ3) is 2.46. The van der Waals surface area contributed by atoms with Gasteiger partial charge in [-0.2, -0.15) is 0 Å². The summed E-state index contributed by atoms with van der Waals surface area (Å²) in [7, 11) is 0. The minimum Gasteiger partial charge on any atom is -0.356 e. The van der Waals surface area contributed by atoms with Crippen molar-refractivity contribution >= 4 is 21.8 Å². The second-order valence-corrected chi connectivity index (χ2v) is 6.02. The van der Waals surface area contributed by atoms with Gasteiger partial charge < -0.3 is 10.3 Å². The van der Waals surface area contributed by atoms with Crippen molar-refractivity contribution in [2.75, 3.05) is 6.54 Å². The van der Waals surface area contributed by atoms with E-state index in [1.807, 2.05) is 0 Å². The minimum absolute atomic E-state index is 0.0111. The number of hydrogen-bond acceptors (Lipinski definition) is 3. The highest BCUT2D eigenvalue weighted by Gasteiger charge is 2.34. The number of carbonyl (C=O) groups is 1. The molecule has 2 aliphatic rings. The lowest BCUT2D eigenvalue weighted by atomic mass is 9.83. The summed E-state index contributed by atoms with van der Waals surface area (Å²) in [5.41, 5.74) is 7.11. The maximum absolute atomic E-state index is 12.0. The number of H-pyrrole nitrogens is 1. The number of amides is 1. The van der Waals surface area contributed by atoms with Crippen LogP contribution >= 0.6 is 15.9 Å². The Morgan fingerprint density at radius 1 is 1.44 bits per heavy atom. The van der Waals surface area contributed by atoms with Crippen molar-refractivity contribution in [2.45, 2.75) is 31.3 Å². The van der Waals surface area contributed by atoms with Gasteiger partial charge in [0, 0.05) is 29.3 Å². The molecule has 1 aliphatic heterocycles. The summed E-state index contributed by atoms with van der Waals surface area (Å²) >= 11 is 3.33. The van der Waals surface area contributed by atoms with E-state index in [9.17, 15) is 4.79 Å². The summed E-state index contributed by atoms with van der Waals surface area (Å²) < 4.78 is 0.903. The zero-order chi connectivity index (χ0) is 12.5. The average Bonchev–Trinajstić information content (AvgIpc) is 2.96. The Balaban J connectivity index is 1.58. The van der Waals surface area contributed by atoms with Gasteiger partial charge in [-0.1, -0.05) is 0 Å². The maximum Gasteiger partial charge on any atom is 0.267 e. The molecule has 1 aliphatic carbocycles. The Hall–Kier alpha value is -0.850. The third-order valence-electron chi connectivity index (χ3n) is 3.86. The van der Waals surface area contributed by atoms with Crippen LogP contribution in [0.1, 0.15) is 29.8 Å². The van der Waals surface area contributed by atoms with Crippen molar-refractivity contribution in [2.24, 2.45) is 5.92 Å². The maximum atomic E-state index is 12.0. The average molecular weight is 313 g/mol. The van der Waals surface area contributed by atoms with Gasteiger partial charge >= 0.3 is 0 Å². The highest BCUT2D eigenvalue weighted by atomic mass is 79.9. The zero-order valence-corrected chi connectivity index (χ0v) is 11.6. The van der Waals surface area contributed by atoms with Gasteiger partial charge in [0.2, 0.25) is 0 Å². The van der Waals surface area contributed by atoms with Crippen LogP contribution in [0.5, 0.6) is 0 Å². The molecule has 1 amide bonds. The Morgan fingerprint density at radius 2 is 2.33 bits per heavy atom. The molecular formula is C12H17BrN4O. The largest absolute Gasteiger partial charge is 0.356 e. The molecule has 18 heavy (non-hydrogen) atoms. The molecule has 4 N–H and O–H groups in total. The Labute approximate surface area is 114 Å². The van der Waals surface area contributed by atoms with Crippen LogP contribution in [0.2, 0.25) is 0 Å². The van der Waals surface area contributed by atoms with Crippen molar-refractivity contribution in [3.05, 3.63) is 22.4 Å². The molecule has 1 aromatic heterocycles. The third-order valence-corrected chi connectivity index (χ3v) is 4.32. The first kappa shape index (κ1) is 12.2. The summed E-state index contributed by atoms with van der Waals surface area (Å²) in [5, 5.41) is 3.11. The molecule has 1 saturated heterocycles. The van der Waals surface area contributed by atoms with E-state index in [0.29, 0.717) is 23.7 Å². The molecule has 6 heteroatoms. The Morgan fingerprint density at radius 3 is 3.11 bits per heavy atom. The predicted molar refractivity (Wildman–Crippen MR) is 72.0 cm³/mol. The van der Waals surface area contributed by atoms with Crippen molar-refractivity contribution in [3.8, 4) is 0 Å². The highest BCUT2D eigenvalue weighted by Crippen LogP contribution is 2.26. The normalized spacial score (nSPS) is 31.1. The molecule has 3 rings (SSSR count). The van der Waals surface area contributed by atoms with Gasteiger partial charge in [0.25, 0.3) is 5.91 Å². The number of nitrogens with one attached hydrogen (secondary N) is 4. The number of fused-ring (bicyclic) bond motifs is 1. The van der Waals surface area contributed by atoms with Gasteiger partial charge in [-0.3, -0.25) is 15.6 Å². The van der Waals surface area contributed by atoms with Crippen molar-refractivity contribution in [3.63, 3.8) is 0 Å². The van der Waals surface area contributed by atoms with E-state index in [2.05, 4.69) is 37.1 Å². The Kier molecular flexibility index (Phi) is 3.41. The molecule has 3 unspecified atom stereocenters. The molecule has 98 valence electrons. The minimum atomic E-state index is -0.0111. The second-order valence-electron chi connectivity index (χ2n) is 5.11. The van der Waals surface area contributed by atoms with Crippen LogP contribution in [0.3, 0.4) is 0 Å². The molecule has 0 radical (unpaired) electrons. The first-order valence-electron chi connectivity index (χ1n) is 6.35. The van der Waals surface area contributed by atoms with E-state index in [-0.39, 0.29) is 5.91 Å². The lowest BCUT2D eigenvalue weighted by molar-refractivity contribution is 0.0914. The van der Waals surface area contributed by atoms with Crippen LogP contribution in [-0.4, -0.2) is 29.5 Å². The number of rotatable bonds is 2. The van der Waals surface area contributed by atoms with Crippen LogP contribution in [0.4, 0.5) is 0 Å². The van der Waals surface area contributed by atoms with E-state index < -0.39 is 0 Å². The van der Waals surface area contributed by atoms with Gasteiger partial charge in [0.15, 0.2) is 0 Å².